The van der Waals surface area contributed by atoms with E-state index in [4.69, 9.17) is 5.73 Å². The van der Waals surface area contributed by atoms with Gasteiger partial charge in [0, 0.05) is 19.1 Å². The maximum atomic E-state index is 5.96. The highest BCUT2D eigenvalue weighted by molar-refractivity contribution is 5.45. The number of pyridine rings is 1. The summed E-state index contributed by atoms with van der Waals surface area (Å²) >= 11 is 0. The Labute approximate surface area is 104 Å². The van der Waals surface area contributed by atoms with Gasteiger partial charge < -0.3 is 10.6 Å². The van der Waals surface area contributed by atoms with E-state index >= 15 is 0 Å². The molecule has 2 rings (SSSR count). The van der Waals surface area contributed by atoms with Crippen LogP contribution in [0.25, 0.3) is 0 Å². The zero-order valence-corrected chi connectivity index (χ0v) is 10.9. The van der Waals surface area contributed by atoms with Gasteiger partial charge in [-0.15, -0.1) is 0 Å². The van der Waals surface area contributed by atoms with Crippen LogP contribution in [0.2, 0.25) is 0 Å². The molecule has 1 aliphatic heterocycles. The Morgan fingerprint density at radius 3 is 2.65 bits per heavy atom. The summed E-state index contributed by atoms with van der Waals surface area (Å²) < 4.78 is 0. The highest BCUT2D eigenvalue weighted by Crippen LogP contribution is 2.23. The number of nitrogens with two attached hydrogens (primary N) is 1. The van der Waals surface area contributed by atoms with Crippen LogP contribution in [-0.2, 0) is 0 Å². The smallest absolute Gasteiger partial charge is 0.0572 e. The third kappa shape index (κ3) is 2.97. The van der Waals surface area contributed by atoms with Gasteiger partial charge in [-0.1, -0.05) is 13.8 Å². The summed E-state index contributed by atoms with van der Waals surface area (Å²) in [5, 5.41) is 0. The first kappa shape index (κ1) is 12.4. The molecule has 2 N–H and O–H groups in total. The van der Waals surface area contributed by atoms with Crippen LogP contribution >= 0.6 is 0 Å². The van der Waals surface area contributed by atoms with E-state index in [9.17, 15) is 0 Å². The van der Waals surface area contributed by atoms with Gasteiger partial charge >= 0.3 is 0 Å². The molecule has 1 aromatic rings. The summed E-state index contributed by atoms with van der Waals surface area (Å²) in [4.78, 5) is 6.90. The Hall–Kier alpha value is -1.09. The zero-order chi connectivity index (χ0) is 12.3. The average molecular weight is 233 g/mol. The summed E-state index contributed by atoms with van der Waals surface area (Å²) in [5.74, 6) is 0.868. The van der Waals surface area contributed by atoms with Crippen LogP contribution in [-0.4, -0.2) is 18.1 Å². The minimum absolute atomic E-state index is 0.0745. The first-order valence-electron chi connectivity index (χ1n) is 6.67. The molecule has 1 aromatic heterocycles. The predicted molar refractivity (Wildman–Crippen MR) is 72.1 cm³/mol. The molecule has 0 amide bonds. The van der Waals surface area contributed by atoms with Gasteiger partial charge in [-0.2, -0.15) is 0 Å². The number of hydrogen-bond acceptors (Lipinski definition) is 3. The minimum atomic E-state index is 0.0745. The number of hydrogen-bond donors (Lipinski definition) is 1. The Balaban J connectivity index is 2.02. The molecule has 1 aliphatic rings. The number of piperidine rings is 1. The van der Waals surface area contributed by atoms with Gasteiger partial charge in [-0.3, -0.25) is 4.98 Å². The molecule has 0 radical (unpaired) electrons. The Morgan fingerprint density at radius 1 is 1.41 bits per heavy atom. The SMILES string of the molecule is CC[C@@H](N)c1ccc(N2CCC(C)CC2)cn1. The molecule has 3 nitrogen and oxygen atoms in total. The van der Waals surface area contributed by atoms with Gasteiger partial charge in [-0.25, -0.2) is 0 Å². The quantitative estimate of drug-likeness (QED) is 0.873. The van der Waals surface area contributed by atoms with Crippen LogP contribution in [0.3, 0.4) is 0 Å². The highest BCUT2D eigenvalue weighted by atomic mass is 15.1. The second-order valence-corrected chi connectivity index (χ2v) is 5.13. The maximum absolute atomic E-state index is 5.96. The summed E-state index contributed by atoms with van der Waals surface area (Å²) in [5.41, 5.74) is 8.21. The molecule has 94 valence electrons. The molecular weight excluding hydrogens is 210 g/mol. The van der Waals surface area contributed by atoms with E-state index in [2.05, 4.69) is 35.9 Å². The first-order valence-corrected chi connectivity index (χ1v) is 6.67. The lowest BCUT2D eigenvalue weighted by molar-refractivity contribution is 0.438. The second kappa shape index (κ2) is 5.50. The molecule has 0 aromatic carbocycles. The topological polar surface area (TPSA) is 42.1 Å². The molecule has 1 atom stereocenters. The number of anilines is 1. The molecule has 3 heteroatoms. The summed E-state index contributed by atoms with van der Waals surface area (Å²) in [6.07, 6.45) is 5.49. The van der Waals surface area contributed by atoms with Crippen molar-refractivity contribution < 1.29 is 0 Å². The molecule has 1 fully saturated rings. The van der Waals surface area contributed by atoms with E-state index < -0.39 is 0 Å². The lowest BCUT2D eigenvalue weighted by atomic mass is 9.99. The molecule has 0 aliphatic carbocycles. The summed E-state index contributed by atoms with van der Waals surface area (Å²) in [7, 11) is 0. The lowest BCUT2D eigenvalue weighted by Gasteiger charge is -2.32. The van der Waals surface area contributed by atoms with Crippen molar-refractivity contribution >= 4 is 5.69 Å². The predicted octanol–water partition coefficient (Wildman–Crippen LogP) is 2.73. The third-order valence-corrected chi connectivity index (χ3v) is 3.74. The normalized spacial score (nSPS) is 19.4. The molecule has 0 saturated carbocycles. The van der Waals surface area contributed by atoms with Crippen molar-refractivity contribution in [2.24, 2.45) is 11.7 Å². The zero-order valence-electron chi connectivity index (χ0n) is 10.9. The van der Waals surface area contributed by atoms with Gasteiger partial charge in [0.05, 0.1) is 17.6 Å². The van der Waals surface area contributed by atoms with Crippen LogP contribution in [0, 0.1) is 5.92 Å². The van der Waals surface area contributed by atoms with Crippen molar-refractivity contribution in [2.45, 2.75) is 39.2 Å². The standard InChI is InChI=1S/C14H23N3/c1-3-13(15)14-5-4-12(10-16-14)17-8-6-11(2)7-9-17/h4-5,10-11,13H,3,6-9,15H2,1-2H3/t13-/m1/s1. The first-order chi connectivity index (χ1) is 8.20. The van der Waals surface area contributed by atoms with Gasteiger partial charge in [0.15, 0.2) is 0 Å². The minimum Gasteiger partial charge on any atom is -0.370 e. The van der Waals surface area contributed by atoms with Crippen LogP contribution < -0.4 is 10.6 Å². The fraction of sp³-hybridized carbons (Fsp3) is 0.643. The van der Waals surface area contributed by atoms with Gasteiger partial charge in [0.2, 0.25) is 0 Å². The van der Waals surface area contributed by atoms with Crippen molar-refractivity contribution in [1.29, 1.82) is 0 Å². The van der Waals surface area contributed by atoms with Crippen LogP contribution in [0.15, 0.2) is 18.3 Å². The fourth-order valence-electron chi connectivity index (χ4n) is 2.28. The van der Waals surface area contributed by atoms with Gasteiger partial charge in [0.25, 0.3) is 0 Å². The van der Waals surface area contributed by atoms with Crippen molar-refractivity contribution in [3.8, 4) is 0 Å². The van der Waals surface area contributed by atoms with Crippen LogP contribution in [0.1, 0.15) is 44.8 Å². The van der Waals surface area contributed by atoms with E-state index in [0.29, 0.717) is 0 Å². The Bertz CT molecular complexity index is 339. The molecule has 0 bridgehead atoms. The highest BCUT2D eigenvalue weighted by Gasteiger charge is 2.16. The van der Waals surface area contributed by atoms with E-state index in [1.807, 2.05) is 6.20 Å². The van der Waals surface area contributed by atoms with Crippen LogP contribution in [0.5, 0.6) is 0 Å². The van der Waals surface area contributed by atoms with Crippen molar-refractivity contribution in [2.75, 3.05) is 18.0 Å². The number of rotatable bonds is 3. The largest absolute Gasteiger partial charge is 0.370 e. The van der Waals surface area contributed by atoms with Crippen LogP contribution in [0.4, 0.5) is 5.69 Å². The molecular formula is C14H23N3. The molecule has 0 spiro atoms. The molecule has 2 heterocycles. The Morgan fingerprint density at radius 2 is 2.12 bits per heavy atom. The van der Waals surface area contributed by atoms with Gasteiger partial charge in [-0.05, 0) is 37.3 Å². The second-order valence-electron chi connectivity index (χ2n) is 5.13. The summed E-state index contributed by atoms with van der Waals surface area (Å²) in [6, 6.07) is 4.31. The van der Waals surface area contributed by atoms with E-state index in [0.717, 1.165) is 31.1 Å². The van der Waals surface area contributed by atoms with Gasteiger partial charge in [0.1, 0.15) is 0 Å². The van der Waals surface area contributed by atoms with Crippen molar-refractivity contribution in [3.63, 3.8) is 0 Å². The Kier molecular flexibility index (Phi) is 4.00. The van der Waals surface area contributed by atoms with E-state index in [1.54, 1.807) is 0 Å². The lowest BCUT2D eigenvalue weighted by Crippen LogP contribution is -2.32. The van der Waals surface area contributed by atoms with E-state index in [1.165, 1.54) is 18.5 Å². The monoisotopic (exact) mass is 233 g/mol. The fourth-order valence-corrected chi connectivity index (χ4v) is 2.28. The van der Waals surface area contributed by atoms with E-state index in [-0.39, 0.29) is 6.04 Å². The van der Waals surface area contributed by atoms with Crippen molar-refractivity contribution in [1.82, 2.24) is 4.98 Å². The summed E-state index contributed by atoms with van der Waals surface area (Å²) in [6.45, 7) is 6.73. The van der Waals surface area contributed by atoms with Crippen molar-refractivity contribution in [3.05, 3.63) is 24.0 Å². The molecule has 17 heavy (non-hydrogen) atoms. The third-order valence-electron chi connectivity index (χ3n) is 3.74. The maximum Gasteiger partial charge on any atom is 0.0572 e. The molecule has 0 unspecified atom stereocenters. The number of aromatic nitrogens is 1. The average Bonchev–Trinajstić information content (AvgIpc) is 2.39. The number of nitrogens with zero attached hydrogens (tertiary/aromatic N) is 2. The molecule has 1 saturated heterocycles.